The minimum absolute atomic E-state index is 0.686. The third kappa shape index (κ3) is 1.87. The molecule has 2 saturated heterocycles. The maximum Gasteiger partial charge on any atom is 0.103 e. The predicted octanol–water partition coefficient (Wildman–Crippen LogP) is 1.04. The molecule has 3 heterocycles. The third-order valence-corrected chi connectivity index (χ3v) is 3.92. The van der Waals surface area contributed by atoms with Crippen molar-refractivity contribution in [2.24, 2.45) is 0 Å². The van der Waals surface area contributed by atoms with Crippen LogP contribution in [0, 0.1) is 6.92 Å². The van der Waals surface area contributed by atoms with Crippen molar-refractivity contribution in [3.05, 3.63) is 17.7 Å². The second-order valence-corrected chi connectivity index (χ2v) is 5.02. The molecule has 1 aromatic heterocycles. The van der Waals surface area contributed by atoms with Gasteiger partial charge in [0.15, 0.2) is 0 Å². The first kappa shape index (κ1) is 10.3. The van der Waals surface area contributed by atoms with Gasteiger partial charge in [0, 0.05) is 37.1 Å². The lowest BCUT2D eigenvalue weighted by molar-refractivity contribution is 0.298. The van der Waals surface area contributed by atoms with Crippen LogP contribution in [-0.2, 0) is 6.54 Å². The summed E-state index contributed by atoms with van der Waals surface area (Å²) in [6.45, 7) is 5.52. The highest BCUT2D eigenvalue weighted by Crippen LogP contribution is 2.27. The Bertz CT molecular complexity index is 360. The van der Waals surface area contributed by atoms with Crippen LogP contribution in [0.1, 0.15) is 30.8 Å². The van der Waals surface area contributed by atoms with Gasteiger partial charge in [-0.1, -0.05) is 0 Å². The standard InChI is InChI=1S/C12H20N4/c1-9-13-7-10(15-9)8-14-11-4-6-16-5-2-3-12(11)16/h7,11-12,14H,2-6,8H2,1H3,(H,13,15). The highest BCUT2D eigenvalue weighted by Gasteiger charge is 2.36. The maximum absolute atomic E-state index is 4.22. The molecule has 16 heavy (non-hydrogen) atoms. The summed E-state index contributed by atoms with van der Waals surface area (Å²) in [5.41, 5.74) is 1.20. The number of aryl methyl sites for hydroxylation is 1. The van der Waals surface area contributed by atoms with Gasteiger partial charge in [-0.3, -0.25) is 4.90 Å². The Balaban J connectivity index is 1.55. The Kier molecular flexibility index (Phi) is 2.69. The van der Waals surface area contributed by atoms with Crippen molar-refractivity contribution in [1.82, 2.24) is 20.2 Å². The van der Waals surface area contributed by atoms with Crippen LogP contribution in [0.5, 0.6) is 0 Å². The molecule has 0 spiro atoms. The zero-order valence-corrected chi connectivity index (χ0v) is 9.87. The number of aromatic amines is 1. The molecule has 1 aromatic rings. The third-order valence-electron chi connectivity index (χ3n) is 3.92. The van der Waals surface area contributed by atoms with Crippen molar-refractivity contribution in [3.8, 4) is 0 Å². The molecule has 2 aliphatic heterocycles. The molecule has 0 aromatic carbocycles. The van der Waals surface area contributed by atoms with Crippen LogP contribution in [0.3, 0.4) is 0 Å². The van der Waals surface area contributed by atoms with E-state index in [1.807, 2.05) is 13.1 Å². The van der Waals surface area contributed by atoms with E-state index in [1.54, 1.807) is 0 Å². The van der Waals surface area contributed by atoms with Crippen LogP contribution in [0.2, 0.25) is 0 Å². The SMILES string of the molecule is Cc1ncc(CNC2CCN3CCCC23)[nH]1. The van der Waals surface area contributed by atoms with Gasteiger partial charge in [0.2, 0.25) is 0 Å². The van der Waals surface area contributed by atoms with Crippen LogP contribution >= 0.6 is 0 Å². The summed E-state index contributed by atoms with van der Waals surface area (Å²) >= 11 is 0. The number of nitrogens with zero attached hydrogens (tertiary/aromatic N) is 2. The molecule has 2 aliphatic rings. The Morgan fingerprint density at radius 2 is 2.44 bits per heavy atom. The van der Waals surface area contributed by atoms with Crippen LogP contribution in [0.15, 0.2) is 6.20 Å². The molecular formula is C12H20N4. The summed E-state index contributed by atoms with van der Waals surface area (Å²) in [6.07, 6.45) is 5.99. The van der Waals surface area contributed by atoms with Gasteiger partial charge in [-0.05, 0) is 32.7 Å². The molecule has 2 fully saturated rings. The van der Waals surface area contributed by atoms with Gasteiger partial charge in [0.25, 0.3) is 0 Å². The largest absolute Gasteiger partial charge is 0.345 e. The monoisotopic (exact) mass is 220 g/mol. The van der Waals surface area contributed by atoms with Gasteiger partial charge in [-0.25, -0.2) is 4.98 Å². The molecule has 2 unspecified atom stereocenters. The fourth-order valence-electron chi connectivity index (χ4n) is 3.12. The van der Waals surface area contributed by atoms with E-state index in [4.69, 9.17) is 0 Å². The number of rotatable bonds is 3. The van der Waals surface area contributed by atoms with Crippen LogP contribution in [0.25, 0.3) is 0 Å². The first-order valence-corrected chi connectivity index (χ1v) is 6.31. The van der Waals surface area contributed by atoms with Gasteiger partial charge in [-0.2, -0.15) is 0 Å². The first-order chi connectivity index (χ1) is 7.83. The highest BCUT2D eigenvalue weighted by molar-refractivity contribution is 5.02. The second kappa shape index (κ2) is 4.18. The average molecular weight is 220 g/mol. The number of hydrogen-bond donors (Lipinski definition) is 2. The molecule has 0 radical (unpaired) electrons. The van der Waals surface area contributed by atoms with Crippen molar-refractivity contribution in [3.63, 3.8) is 0 Å². The smallest absolute Gasteiger partial charge is 0.103 e. The molecule has 0 aliphatic carbocycles. The number of nitrogens with one attached hydrogen (secondary N) is 2. The van der Waals surface area contributed by atoms with E-state index in [0.29, 0.717) is 6.04 Å². The lowest BCUT2D eigenvalue weighted by atomic mass is 10.1. The van der Waals surface area contributed by atoms with Crippen LogP contribution in [-0.4, -0.2) is 40.0 Å². The first-order valence-electron chi connectivity index (χ1n) is 6.31. The number of H-pyrrole nitrogens is 1. The maximum atomic E-state index is 4.22. The number of fused-ring (bicyclic) bond motifs is 1. The normalized spacial score (nSPS) is 29.8. The van der Waals surface area contributed by atoms with E-state index in [1.165, 1.54) is 38.0 Å². The fraction of sp³-hybridized carbons (Fsp3) is 0.750. The topological polar surface area (TPSA) is 44.0 Å². The van der Waals surface area contributed by atoms with E-state index in [-0.39, 0.29) is 0 Å². The summed E-state index contributed by atoms with van der Waals surface area (Å²) in [7, 11) is 0. The minimum atomic E-state index is 0.686. The molecule has 88 valence electrons. The molecule has 3 rings (SSSR count). The number of aromatic nitrogens is 2. The molecule has 4 heteroatoms. The van der Waals surface area contributed by atoms with Crippen molar-refractivity contribution < 1.29 is 0 Å². The van der Waals surface area contributed by atoms with E-state index < -0.39 is 0 Å². The van der Waals surface area contributed by atoms with Crippen molar-refractivity contribution >= 4 is 0 Å². The van der Waals surface area contributed by atoms with E-state index in [2.05, 4.69) is 20.2 Å². The zero-order chi connectivity index (χ0) is 11.0. The fourth-order valence-corrected chi connectivity index (χ4v) is 3.12. The second-order valence-electron chi connectivity index (χ2n) is 5.02. The molecule has 4 nitrogen and oxygen atoms in total. The quantitative estimate of drug-likeness (QED) is 0.800. The molecule has 2 N–H and O–H groups in total. The van der Waals surface area contributed by atoms with E-state index in [0.717, 1.165) is 18.4 Å². The summed E-state index contributed by atoms with van der Waals surface area (Å²) in [5, 5.41) is 3.67. The summed E-state index contributed by atoms with van der Waals surface area (Å²) < 4.78 is 0. The number of hydrogen-bond acceptors (Lipinski definition) is 3. The van der Waals surface area contributed by atoms with Gasteiger partial charge < -0.3 is 10.3 Å². The Labute approximate surface area is 96.4 Å². The van der Waals surface area contributed by atoms with E-state index >= 15 is 0 Å². The van der Waals surface area contributed by atoms with Gasteiger partial charge in [0.1, 0.15) is 5.82 Å². The van der Waals surface area contributed by atoms with Gasteiger partial charge in [-0.15, -0.1) is 0 Å². The van der Waals surface area contributed by atoms with E-state index in [9.17, 15) is 0 Å². The van der Waals surface area contributed by atoms with Gasteiger partial charge in [0.05, 0.1) is 0 Å². The molecule has 2 atom stereocenters. The van der Waals surface area contributed by atoms with Gasteiger partial charge >= 0.3 is 0 Å². The summed E-state index contributed by atoms with van der Waals surface area (Å²) in [4.78, 5) is 10.1. The lowest BCUT2D eigenvalue weighted by Gasteiger charge is -2.20. The van der Waals surface area contributed by atoms with Crippen molar-refractivity contribution in [1.29, 1.82) is 0 Å². The molecule has 0 saturated carbocycles. The van der Waals surface area contributed by atoms with Crippen LogP contribution in [0.4, 0.5) is 0 Å². The predicted molar refractivity (Wildman–Crippen MR) is 63.2 cm³/mol. The van der Waals surface area contributed by atoms with Crippen molar-refractivity contribution in [2.45, 2.75) is 44.8 Å². The minimum Gasteiger partial charge on any atom is -0.345 e. The summed E-state index contributed by atoms with van der Waals surface area (Å²) in [6, 6.07) is 1.48. The molecular weight excluding hydrogens is 200 g/mol. The Morgan fingerprint density at radius 1 is 1.50 bits per heavy atom. The molecule has 0 bridgehead atoms. The zero-order valence-electron chi connectivity index (χ0n) is 9.87. The van der Waals surface area contributed by atoms with Crippen molar-refractivity contribution in [2.75, 3.05) is 13.1 Å². The molecule has 0 amide bonds. The summed E-state index contributed by atoms with van der Waals surface area (Å²) in [5.74, 6) is 1.01. The number of imidazole rings is 1. The average Bonchev–Trinajstić information content (AvgIpc) is 2.91. The Morgan fingerprint density at radius 3 is 3.25 bits per heavy atom. The Hall–Kier alpha value is -0.870. The lowest BCUT2D eigenvalue weighted by Crippen LogP contribution is -2.38. The van der Waals surface area contributed by atoms with Crippen LogP contribution < -0.4 is 5.32 Å². The highest BCUT2D eigenvalue weighted by atomic mass is 15.2.